The molecular formula is C8H17NO2. The van der Waals surface area contributed by atoms with Gasteiger partial charge in [0.15, 0.2) is 0 Å². The van der Waals surface area contributed by atoms with Gasteiger partial charge in [0.25, 0.3) is 0 Å². The lowest BCUT2D eigenvalue weighted by Gasteiger charge is -2.35. The Balaban J connectivity index is 2.48. The first kappa shape index (κ1) is 8.97. The third-order valence-corrected chi connectivity index (χ3v) is 2.33. The number of methoxy groups -OCH3 is 1. The number of ether oxygens (including phenoxy) is 2. The maximum absolute atomic E-state index is 5.47. The fraction of sp³-hybridized carbons (Fsp3) is 1.00. The molecule has 0 amide bonds. The zero-order valence-corrected chi connectivity index (χ0v) is 7.46. The van der Waals surface area contributed by atoms with E-state index < -0.39 is 0 Å². The second-order valence-electron chi connectivity index (χ2n) is 2.95. The summed E-state index contributed by atoms with van der Waals surface area (Å²) in [5.41, 5.74) is 0. The van der Waals surface area contributed by atoms with Crippen molar-refractivity contribution in [3.63, 3.8) is 0 Å². The molecule has 0 aromatic heterocycles. The van der Waals surface area contributed by atoms with Gasteiger partial charge in [-0.1, -0.05) is 0 Å². The Morgan fingerprint density at radius 2 is 2.27 bits per heavy atom. The van der Waals surface area contributed by atoms with Gasteiger partial charge in [-0.15, -0.1) is 0 Å². The highest BCUT2D eigenvalue weighted by atomic mass is 16.5. The standard InChI is InChI=1S/C8H17NO2/c1-6-8(9-2)7(10-3)4-5-11-6/h6-9H,4-5H2,1-3H3/t6-,7-,8?/m0/s1. The minimum Gasteiger partial charge on any atom is -0.380 e. The zero-order chi connectivity index (χ0) is 8.27. The lowest BCUT2D eigenvalue weighted by Crippen LogP contribution is -2.51. The fourth-order valence-corrected chi connectivity index (χ4v) is 1.64. The van der Waals surface area contributed by atoms with Crippen LogP contribution in [0, 0.1) is 0 Å². The van der Waals surface area contributed by atoms with Crippen molar-refractivity contribution >= 4 is 0 Å². The summed E-state index contributed by atoms with van der Waals surface area (Å²) in [4.78, 5) is 0. The summed E-state index contributed by atoms with van der Waals surface area (Å²) in [6.45, 7) is 2.89. The Bertz CT molecular complexity index is 119. The smallest absolute Gasteiger partial charge is 0.0771 e. The molecule has 1 saturated heterocycles. The highest BCUT2D eigenvalue weighted by Crippen LogP contribution is 2.16. The molecule has 1 unspecified atom stereocenters. The van der Waals surface area contributed by atoms with E-state index in [-0.39, 0.29) is 6.10 Å². The molecule has 0 bridgehead atoms. The summed E-state index contributed by atoms with van der Waals surface area (Å²) < 4.78 is 10.8. The summed E-state index contributed by atoms with van der Waals surface area (Å²) >= 11 is 0. The van der Waals surface area contributed by atoms with Crippen LogP contribution >= 0.6 is 0 Å². The molecule has 0 aliphatic carbocycles. The minimum atomic E-state index is 0.263. The third-order valence-electron chi connectivity index (χ3n) is 2.33. The number of nitrogens with one attached hydrogen (secondary N) is 1. The van der Waals surface area contributed by atoms with E-state index in [1.807, 2.05) is 7.05 Å². The van der Waals surface area contributed by atoms with Crippen molar-refractivity contribution in [1.82, 2.24) is 5.32 Å². The van der Waals surface area contributed by atoms with Crippen LogP contribution in [0.4, 0.5) is 0 Å². The molecule has 0 spiro atoms. The van der Waals surface area contributed by atoms with Crippen molar-refractivity contribution in [3.05, 3.63) is 0 Å². The van der Waals surface area contributed by atoms with E-state index in [4.69, 9.17) is 9.47 Å². The molecule has 66 valence electrons. The molecule has 1 N–H and O–H groups in total. The van der Waals surface area contributed by atoms with Crippen LogP contribution in [0.5, 0.6) is 0 Å². The average Bonchev–Trinajstić information content (AvgIpc) is 2.04. The number of hydrogen-bond acceptors (Lipinski definition) is 3. The van der Waals surface area contributed by atoms with Crippen molar-refractivity contribution in [3.8, 4) is 0 Å². The highest BCUT2D eigenvalue weighted by molar-refractivity contribution is 4.84. The maximum Gasteiger partial charge on any atom is 0.0771 e. The van der Waals surface area contributed by atoms with Gasteiger partial charge in [-0.3, -0.25) is 0 Å². The zero-order valence-electron chi connectivity index (χ0n) is 7.46. The maximum atomic E-state index is 5.47. The number of hydrogen-bond donors (Lipinski definition) is 1. The monoisotopic (exact) mass is 159 g/mol. The van der Waals surface area contributed by atoms with Crippen LogP contribution in [0.15, 0.2) is 0 Å². The van der Waals surface area contributed by atoms with Gasteiger partial charge in [0, 0.05) is 13.7 Å². The van der Waals surface area contributed by atoms with E-state index in [0.29, 0.717) is 12.1 Å². The highest BCUT2D eigenvalue weighted by Gasteiger charge is 2.29. The lowest BCUT2D eigenvalue weighted by molar-refractivity contribution is -0.0752. The van der Waals surface area contributed by atoms with E-state index in [0.717, 1.165) is 13.0 Å². The van der Waals surface area contributed by atoms with Crippen molar-refractivity contribution in [2.24, 2.45) is 0 Å². The molecule has 11 heavy (non-hydrogen) atoms. The summed E-state index contributed by atoms with van der Waals surface area (Å²) in [6, 6.07) is 0.341. The van der Waals surface area contributed by atoms with Crippen LogP contribution in [-0.2, 0) is 9.47 Å². The first-order valence-electron chi connectivity index (χ1n) is 4.11. The predicted molar refractivity (Wildman–Crippen MR) is 43.7 cm³/mol. The summed E-state index contributed by atoms with van der Waals surface area (Å²) in [5.74, 6) is 0. The third kappa shape index (κ3) is 1.92. The molecule has 3 atom stereocenters. The Kier molecular flexibility index (Phi) is 3.30. The molecule has 1 aliphatic heterocycles. The van der Waals surface area contributed by atoms with Crippen LogP contribution in [0.2, 0.25) is 0 Å². The van der Waals surface area contributed by atoms with Crippen LogP contribution in [0.25, 0.3) is 0 Å². The van der Waals surface area contributed by atoms with E-state index in [2.05, 4.69) is 12.2 Å². The normalized spacial score (nSPS) is 39.0. The van der Waals surface area contributed by atoms with E-state index >= 15 is 0 Å². The van der Waals surface area contributed by atoms with Crippen LogP contribution < -0.4 is 5.32 Å². The van der Waals surface area contributed by atoms with Gasteiger partial charge in [-0.2, -0.15) is 0 Å². The molecule has 1 heterocycles. The second-order valence-corrected chi connectivity index (χ2v) is 2.95. The Morgan fingerprint density at radius 1 is 1.55 bits per heavy atom. The average molecular weight is 159 g/mol. The molecule has 0 radical (unpaired) electrons. The van der Waals surface area contributed by atoms with Crippen LogP contribution in [0.3, 0.4) is 0 Å². The molecule has 3 heteroatoms. The van der Waals surface area contributed by atoms with Gasteiger partial charge in [-0.05, 0) is 20.4 Å². The molecule has 3 nitrogen and oxygen atoms in total. The van der Waals surface area contributed by atoms with Gasteiger partial charge < -0.3 is 14.8 Å². The second kappa shape index (κ2) is 4.04. The van der Waals surface area contributed by atoms with Gasteiger partial charge in [0.05, 0.1) is 18.2 Å². The topological polar surface area (TPSA) is 30.5 Å². The summed E-state index contributed by atoms with van der Waals surface area (Å²) in [7, 11) is 3.70. The molecule has 0 aromatic rings. The van der Waals surface area contributed by atoms with Crippen molar-refractivity contribution in [1.29, 1.82) is 0 Å². The van der Waals surface area contributed by atoms with Crippen molar-refractivity contribution in [2.45, 2.75) is 31.6 Å². The summed E-state index contributed by atoms with van der Waals surface area (Å²) in [5, 5.41) is 3.20. The van der Waals surface area contributed by atoms with Crippen LogP contribution in [-0.4, -0.2) is 39.0 Å². The number of likely N-dealkylation sites (N-methyl/N-ethyl adjacent to an activating group) is 1. The molecule has 1 aliphatic rings. The lowest BCUT2D eigenvalue weighted by atomic mass is 10.0. The first-order valence-corrected chi connectivity index (χ1v) is 4.11. The minimum absolute atomic E-state index is 0.263. The molecule has 0 saturated carbocycles. The van der Waals surface area contributed by atoms with Gasteiger partial charge >= 0.3 is 0 Å². The first-order chi connectivity index (χ1) is 5.29. The van der Waals surface area contributed by atoms with E-state index in [1.54, 1.807) is 7.11 Å². The Morgan fingerprint density at radius 3 is 2.73 bits per heavy atom. The quantitative estimate of drug-likeness (QED) is 0.632. The SMILES string of the molecule is CNC1[C@H](C)OCC[C@@H]1OC. The van der Waals surface area contributed by atoms with Crippen LogP contribution in [0.1, 0.15) is 13.3 Å². The Hall–Kier alpha value is -0.120. The summed E-state index contributed by atoms with van der Waals surface area (Å²) in [6.07, 6.45) is 1.56. The molecule has 0 aromatic carbocycles. The predicted octanol–water partition coefficient (Wildman–Crippen LogP) is 0.398. The molecule has 1 rings (SSSR count). The number of rotatable bonds is 2. The molecule has 1 fully saturated rings. The van der Waals surface area contributed by atoms with Crippen molar-refractivity contribution in [2.75, 3.05) is 20.8 Å². The fourth-order valence-electron chi connectivity index (χ4n) is 1.64. The van der Waals surface area contributed by atoms with E-state index in [9.17, 15) is 0 Å². The molecular weight excluding hydrogens is 142 g/mol. The van der Waals surface area contributed by atoms with E-state index in [1.165, 1.54) is 0 Å². The van der Waals surface area contributed by atoms with Gasteiger partial charge in [0.2, 0.25) is 0 Å². The van der Waals surface area contributed by atoms with Crippen molar-refractivity contribution < 1.29 is 9.47 Å². The Labute approximate surface area is 68.1 Å². The van der Waals surface area contributed by atoms with Gasteiger partial charge in [-0.25, -0.2) is 0 Å². The largest absolute Gasteiger partial charge is 0.380 e. The van der Waals surface area contributed by atoms with Gasteiger partial charge in [0.1, 0.15) is 0 Å².